The van der Waals surface area contributed by atoms with Gasteiger partial charge in [-0.2, -0.15) is 0 Å². The van der Waals surface area contributed by atoms with E-state index in [9.17, 15) is 8.42 Å². The Morgan fingerprint density at radius 2 is 2.27 bits per heavy atom. The Kier molecular flexibility index (Phi) is 4.20. The van der Waals surface area contributed by atoms with Gasteiger partial charge in [-0.3, -0.25) is 5.41 Å². The van der Waals surface area contributed by atoms with Gasteiger partial charge in [0.25, 0.3) is 0 Å². The summed E-state index contributed by atoms with van der Waals surface area (Å²) < 4.78 is 21.5. The second-order valence-corrected chi connectivity index (χ2v) is 4.83. The van der Waals surface area contributed by atoms with Crippen LogP contribution in [-0.4, -0.2) is 19.3 Å². The fraction of sp³-hybridized carbons (Fsp3) is 0.400. The molecular formula is C5H10N2O2S2. The first-order chi connectivity index (χ1) is 4.98. The first-order valence-electron chi connectivity index (χ1n) is 2.88. The van der Waals surface area contributed by atoms with Gasteiger partial charge in [-0.25, -0.2) is 8.42 Å². The third-order valence-electron chi connectivity index (χ3n) is 0.860. The topological polar surface area (TPSA) is 84.0 Å². The summed E-state index contributed by atoms with van der Waals surface area (Å²) in [5.41, 5.74) is 4.96. The van der Waals surface area contributed by atoms with Gasteiger partial charge in [-0.15, -0.1) is 0 Å². The SMILES string of the molecule is CCS(=O)(=O)/C=C/SC(=N)N. The Bertz CT molecular complexity index is 256. The molecule has 0 aromatic rings. The number of thioether (sulfide) groups is 1. The third kappa shape index (κ3) is 5.93. The molecule has 64 valence electrons. The highest BCUT2D eigenvalue weighted by molar-refractivity contribution is 8.16. The van der Waals surface area contributed by atoms with Crippen LogP contribution in [0, 0.1) is 5.41 Å². The van der Waals surface area contributed by atoms with Crippen molar-refractivity contribution < 1.29 is 8.42 Å². The summed E-state index contributed by atoms with van der Waals surface area (Å²) in [6.07, 6.45) is 0. The number of hydrogen-bond donors (Lipinski definition) is 2. The largest absolute Gasteiger partial charge is 0.378 e. The Balaban J connectivity index is 4.04. The van der Waals surface area contributed by atoms with Gasteiger partial charge in [0, 0.05) is 5.41 Å². The van der Waals surface area contributed by atoms with Crippen LogP contribution in [0.4, 0.5) is 0 Å². The number of amidine groups is 1. The molecule has 0 aliphatic carbocycles. The van der Waals surface area contributed by atoms with E-state index in [1.807, 2.05) is 0 Å². The van der Waals surface area contributed by atoms with Crippen LogP contribution in [0.3, 0.4) is 0 Å². The lowest BCUT2D eigenvalue weighted by Gasteiger charge is -1.90. The molecule has 0 atom stereocenters. The zero-order valence-electron chi connectivity index (χ0n) is 6.07. The van der Waals surface area contributed by atoms with Crippen molar-refractivity contribution in [2.24, 2.45) is 5.73 Å². The smallest absolute Gasteiger partial charge is 0.171 e. The van der Waals surface area contributed by atoms with Crippen molar-refractivity contribution in [2.45, 2.75) is 6.92 Å². The van der Waals surface area contributed by atoms with Crippen LogP contribution in [-0.2, 0) is 9.84 Å². The van der Waals surface area contributed by atoms with E-state index >= 15 is 0 Å². The van der Waals surface area contributed by atoms with Crippen LogP contribution in [0.5, 0.6) is 0 Å². The molecule has 0 aromatic carbocycles. The second-order valence-electron chi connectivity index (χ2n) is 1.71. The molecule has 0 fully saturated rings. The van der Waals surface area contributed by atoms with Gasteiger partial charge in [0.1, 0.15) is 0 Å². The minimum Gasteiger partial charge on any atom is -0.378 e. The molecule has 0 bridgehead atoms. The Morgan fingerprint density at radius 1 is 1.73 bits per heavy atom. The van der Waals surface area contributed by atoms with E-state index in [0.29, 0.717) is 0 Å². The van der Waals surface area contributed by atoms with Gasteiger partial charge in [0.15, 0.2) is 15.0 Å². The van der Waals surface area contributed by atoms with E-state index in [4.69, 9.17) is 11.1 Å². The van der Waals surface area contributed by atoms with Crippen LogP contribution in [0.25, 0.3) is 0 Å². The molecule has 4 nitrogen and oxygen atoms in total. The summed E-state index contributed by atoms with van der Waals surface area (Å²) in [6.45, 7) is 1.55. The lowest BCUT2D eigenvalue weighted by atomic mass is 11.0. The molecule has 0 spiro atoms. The van der Waals surface area contributed by atoms with Crippen molar-refractivity contribution in [2.75, 3.05) is 5.75 Å². The highest BCUT2D eigenvalue weighted by Gasteiger charge is 1.99. The maximum atomic E-state index is 10.8. The van der Waals surface area contributed by atoms with Crippen molar-refractivity contribution >= 4 is 26.8 Å². The van der Waals surface area contributed by atoms with E-state index in [1.165, 1.54) is 5.41 Å². The molecule has 0 heterocycles. The van der Waals surface area contributed by atoms with Gasteiger partial charge in [-0.1, -0.05) is 18.7 Å². The van der Waals surface area contributed by atoms with Crippen molar-refractivity contribution in [3.05, 3.63) is 10.8 Å². The standard InChI is InChI=1S/C5H10N2O2S2/c1-2-11(8,9)4-3-10-5(6)7/h3-4H,2H2,1H3,(H3,6,7)/b4-3+. The van der Waals surface area contributed by atoms with Crippen LogP contribution in [0.1, 0.15) is 6.92 Å². The highest BCUT2D eigenvalue weighted by Crippen LogP contribution is 2.02. The van der Waals surface area contributed by atoms with Crippen LogP contribution in [0.2, 0.25) is 0 Å². The van der Waals surface area contributed by atoms with E-state index in [0.717, 1.165) is 17.2 Å². The number of sulfone groups is 1. The van der Waals surface area contributed by atoms with Crippen LogP contribution >= 0.6 is 11.8 Å². The summed E-state index contributed by atoms with van der Waals surface area (Å²) in [5.74, 6) is 0.0714. The number of nitrogens with one attached hydrogen (secondary N) is 1. The summed E-state index contributed by atoms with van der Waals surface area (Å²) in [7, 11) is -3.07. The number of hydrogen-bond acceptors (Lipinski definition) is 4. The molecule has 0 saturated carbocycles. The van der Waals surface area contributed by atoms with E-state index < -0.39 is 9.84 Å². The summed E-state index contributed by atoms with van der Waals surface area (Å²) in [4.78, 5) is 0. The molecule has 3 N–H and O–H groups in total. The van der Waals surface area contributed by atoms with Gasteiger partial charge in [0.2, 0.25) is 0 Å². The minimum absolute atomic E-state index is 0.0714. The molecular weight excluding hydrogens is 184 g/mol. The first kappa shape index (κ1) is 10.5. The Morgan fingerprint density at radius 3 is 2.64 bits per heavy atom. The zero-order valence-corrected chi connectivity index (χ0v) is 7.71. The molecule has 0 rings (SSSR count). The average molecular weight is 194 g/mol. The van der Waals surface area contributed by atoms with E-state index in [2.05, 4.69) is 0 Å². The summed E-state index contributed by atoms with van der Waals surface area (Å²) in [5, 5.41) is 8.98. The molecule has 0 aliphatic heterocycles. The Hall–Kier alpha value is -0.490. The molecule has 11 heavy (non-hydrogen) atoms. The first-order valence-corrected chi connectivity index (χ1v) is 5.47. The molecule has 0 unspecified atom stereocenters. The van der Waals surface area contributed by atoms with Crippen molar-refractivity contribution in [3.8, 4) is 0 Å². The zero-order chi connectivity index (χ0) is 8.91. The lowest BCUT2D eigenvalue weighted by Crippen LogP contribution is -2.02. The third-order valence-corrected chi connectivity index (χ3v) is 2.91. The van der Waals surface area contributed by atoms with Gasteiger partial charge in [0.05, 0.1) is 5.75 Å². The highest BCUT2D eigenvalue weighted by atomic mass is 32.2. The van der Waals surface area contributed by atoms with Crippen molar-refractivity contribution in [1.29, 1.82) is 5.41 Å². The van der Waals surface area contributed by atoms with Crippen molar-refractivity contribution in [3.63, 3.8) is 0 Å². The van der Waals surface area contributed by atoms with Gasteiger partial charge >= 0.3 is 0 Å². The molecule has 0 aliphatic rings. The quantitative estimate of drug-likeness (QED) is 0.506. The maximum Gasteiger partial charge on any atom is 0.171 e. The molecule has 6 heteroatoms. The Labute approximate surface area is 70.3 Å². The fourth-order valence-electron chi connectivity index (χ4n) is 0.282. The van der Waals surface area contributed by atoms with Gasteiger partial charge < -0.3 is 5.73 Å². The number of rotatable bonds is 3. The normalized spacial score (nSPS) is 12.1. The van der Waals surface area contributed by atoms with Crippen LogP contribution in [0.15, 0.2) is 10.8 Å². The maximum absolute atomic E-state index is 10.8. The molecule has 0 saturated heterocycles. The average Bonchev–Trinajstić information content (AvgIpc) is 1.87. The van der Waals surface area contributed by atoms with E-state index in [1.54, 1.807) is 6.92 Å². The summed E-state index contributed by atoms with van der Waals surface area (Å²) in [6, 6.07) is 0. The predicted molar refractivity (Wildman–Crippen MR) is 48.1 cm³/mol. The second kappa shape index (κ2) is 4.40. The minimum atomic E-state index is -3.07. The monoisotopic (exact) mass is 194 g/mol. The molecule has 0 aromatic heterocycles. The summed E-state index contributed by atoms with van der Waals surface area (Å²) >= 11 is 0.875. The van der Waals surface area contributed by atoms with E-state index in [-0.39, 0.29) is 10.9 Å². The number of nitrogens with two attached hydrogens (primary N) is 1. The van der Waals surface area contributed by atoms with Gasteiger partial charge in [-0.05, 0) is 5.41 Å². The van der Waals surface area contributed by atoms with Crippen molar-refractivity contribution in [1.82, 2.24) is 0 Å². The molecule has 0 radical (unpaired) electrons. The lowest BCUT2D eigenvalue weighted by molar-refractivity contribution is 0.606. The fourth-order valence-corrected chi connectivity index (χ4v) is 1.52. The predicted octanol–water partition coefficient (Wildman–Crippen LogP) is 0.519. The van der Waals surface area contributed by atoms with Crippen LogP contribution < -0.4 is 5.73 Å². The molecule has 0 amide bonds.